The van der Waals surface area contributed by atoms with E-state index < -0.39 is 8.56 Å². The number of epoxide rings is 2. The van der Waals surface area contributed by atoms with Crippen LogP contribution in [-0.2, 0) is 18.3 Å². The Morgan fingerprint density at radius 2 is 1.55 bits per heavy atom. The molecule has 2 heterocycles. The first-order valence-electron chi connectivity index (χ1n) is 7.88. The summed E-state index contributed by atoms with van der Waals surface area (Å²) in [5.74, 6) is 0. The van der Waals surface area contributed by atoms with Gasteiger partial charge in [0.05, 0.1) is 25.4 Å². The summed E-state index contributed by atoms with van der Waals surface area (Å²) in [7, 11) is -1.95. The van der Waals surface area contributed by atoms with Gasteiger partial charge >= 0.3 is 8.56 Å². The first-order valence-corrected chi connectivity index (χ1v) is 10.4. The first-order chi connectivity index (χ1) is 9.65. The van der Waals surface area contributed by atoms with E-state index in [1.54, 1.807) is 0 Å². The van der Waals surface area contributed by atoms with Crippen LogP contribution in [0.2, 0.25) is 12.6 Å². The highest BCUT2D eigenvalue weighted by molar-refractivity contribution is 6.66. The molecule has 2 aliphatic rings. The third kappa shape index (κ3) is 6.20. The Kier molecular flexibility index (Phi) is 6.44. The Labute approximate surface area is 123 Å². The van der Waals surface area contributed by atoms with Crippen molar-refractivity contribution in [3.8, 4) is 0 Å². The Hall–Kier alpha value is 0.0169. The predicted molar refractivity (Wildman–Crippen MR) is 80.2 cm³/mol. The lowest BCUT2D eigenvalue weighted by molar-refractivity contribution is 0.182. The van der Waals surface area contributed by atoms with E-state index in [1.807, 2.05) is 13.8 Å². The van der Waals surface area contributed by atoms with Gasteiger partial charge in [-0.3, -0.25) is 4.90 Å². The molecular weight excluding hydrogens is 274 g/mol. The second-order valence-corrected chi connectivity index (χ2v) is 9.12. The van der Waals surface area contributed by atoms with Gasteiger partial charge in [-0.05, 0) is 39.4 Å². The molecule has 20 heavy (non-hydrogen) atoms. The summed E-state index contributed by atoms with van der Waals surface area (Å²) in [4.78, 5) is 2.47. The summed E-state index contributed by atoms with van der Waals surface area (Å²) in [5, 5.41) is 0. The molecule has 2 saturated heterocycles. The van der Waals surface area contributed by atoms with Crippen molar-refractivity contribution in [3.05, 3.63) is 0 Å². The van der Waals surface area contributed by atoms with E-state index >= 15 is 0 Å². The highest BCUT2D eigenvalue weighted by atomic mass is 28.4. The molecule has 0 spiro atoms. The van der Waals surface area contributed by atoms with Crippen LogP contribution in [0, 0.1) is 0 Å². The van der Waals surface area contributed by atoms with Gasteiger partial charge in [0.25, 0.3) is 0 Å². The van der Waals surface area contributed by atoms with Crippen LogP contribution in [-0.4, -0.2) is 71.7 Å². The van der Waals surface area contributed by atoms with E-state index in [2.05, 4.69) is 11.4 Å². The Bertz CT molecular complexity index is 264. The fourth-order valence-electron chi connectivity index (χ4n) is 2.60. The zero-order chi connectivity index (χ0) is 14.4. The standard InChI is InChI=1S/C14H29NO4Si/c1-4-18-20(3,19-5-2)8-6-7-15(9-13-11-16-13)10-14-12-17-14/h13-14H,4-12H2,1-3H3. The van der Waals surface area contributed by atoms with Crippen molar-refractivity contribution in [3.63, 3.8) is 0 Å². The van der Waals surface area contributed by atoms with Crippen LogP contribution in [0.1, 0.15) is 20.3 Å². The zero-order valence-electron chi connectivity index (χ0n) is 13.1. The second kappa shape index (κ2) is 7.86. The zero-order valence-corrected chi connectivity index (χ0v) is 14.1. The van der Waals surface area contributed by atoms with Crippen LogP contribution < -0.4 is 0 Å². The van der Waals surface area contributed by atoms with Gasteiger partial charge in [0.2, 0.25) is 0 Å². The highest BCUT2D eigenvalue weighted by Gasteiger charge is 2.33. The molecule has 0 aromatic carbocycles. The van der Waals surface area contributed by atoms with Crippen LogP contribution in [0.5, 0.6) is 0 Å². The lowest BCUT2D eigenvalue weighted by atomic mass is 10.3. The maximum Gasteiger partial charge on any atom is 0.334 e. The monoisotopic (exact) mass is 303 g/mol. The van der Waals surface area contributed by atoms with Gasteiger partial charge in [-0.1, -0.05) is 0 Å². The van der Waals surface area contributed by atoms with Crippen LogP contribution in [0.25, 0.3) is 0 Å². The Morgan fingerprint density at radius 1 is 1.05 bits per heavy atom. The van der Waals surface area contributed by atoms with Crippen molar-refractivity contribution < 1.29 is 18.3 Å². The highest BCUT2D eigenvalue weighted by Crippen LogP contribution is 2.19. The number of hydrogen-bond acceptors (Lipinski definition) is 5. The van der Waals surface area contributed by atoms with Crippen LogP contribution >= 0.6 is 0 Å². The van der Waals surface area contributed by atoms with Crippen LogP contribution in [0.4, 0.5) is 0 Å². The second-order valence-electron chi connectivity index (χ2n) is 5.77. The number of rotatable bonds is 12. The Balaban J connectivity index is 1.69. The summed E-state index contributed by atoms with van der Waals surface area (Å²) in [5.41, 5.74) is 0. The molecule has 0 aromatic heterocycles. The largest absolute Gasteiger partial charge is 0.395 e. The third-order valence-electron chi connectivity index (χ3n) is 3.73. The summed E-state index contributed by atoms with van der Waals surface area (Å²) in [6, 6.07) is 1.06. The summed E-state index contributed by atoms with van der Waals surface area (Å²) >= 11 is 0. The Morgan fingerprint density at radius 3 is 1.95 bits per heavy atom. The molecule has 2 fully saturated rings. The van der Waals surface area contributed by atoms with Gasteiger partial charge in [0, 0.05) is 26.3 Å². The van der Waals surface area contributed by atoms with Crippen LogP contribution in [0.3, 0.4) is 0 Å². The predicted octanol–water partition coefficient (Wildman–Crippen LogP) is 1.62. The van der Waals surface area contributed by atoms with E-state index in [9.17, 15) is 0 Å². The number of hydrogen-bond donors (Lipinski definition) is 0. The fraction of sp³-hybridized carbons (Fsp3) is 1.00. The van der Waals surface area contributed by atoms with Gasteiger partial charge in [0.1, 0.15) is 0 Å². The molecule has 2 rings (SSSR count). The average Bonchev–Trinajstić information content (AvgIpc) is 3.25. The molecule has 0 aliphatic carbocycles. The molecule has 2 aliphatic heterocycles. The normalized spacial score (nSPS) is 25.2. The number of nitrogens with zero attached hydrogens (tertiary/aromatic N) is 1. The lowest BCUT2D eigenvalue weighted by Crippen LogP contribution is -2.40. The van der Waals surface area contributed by atoms with Crippen LogP contribution in [0.15, 0.2) is 0 Å². The van der Waals surface area contributed by atoms with E-state index in [4.69, 9.17) is 18.3 Å². The molecule has 0 saturated carbocycles. The summed E-state index contributed by atoms with van der Waals surface area (Å²) in [6.07, 6.45) is 2.04. The van der Waals surface area contributed by atoms with Crippen molar-refractivity contribution in [1.29, 1.82) is 0 Å². The molecule has 2 unspecified atom stereocenters. The molecule has 6 heteroatoms. The van der Waals surface area contributed by atoms with Crippen molar-refractivity contribution >= 4 is 8.56 Å². The summed E-state index contributed by atoms with van der Waals surface area (Å²) < 4.78 is 22.5. The molecular formula is C14H29NO4Si. The molecule has 0 N–H and O–H groups in total. The van der Waals surface area contributed by atoms with E-state index in [1.165, 1.54) is 0 Å². The van der Waals surface area contributed by atoms with E-state index in [0.717, 1.165) is 58.5 Å². The third-order valence-corrected chi connectivity index (χ3v) is 6.79. The molecule has 2 atom stereocenters. The molecule has 5 nitrogen and oxygen atoms in total. The molecule has 0 amide bonds. The van der Waals surface area contributed by atoms with Gasteiger partial charge < -0.3 is 18.3 Å². The van der Waals surface area contributed by atoms with Gasteiger partial charge in [-0.25, -0.2) is 0 Å². The van der Waals surface area contributed by atoms with Crippen molar-refractivity contribution in [2.24, 2.45) is 0 Å². The minimum atomic E-state index is -1.95. The quantitative estimate of drug-likeness (QED) is 0.405. The van der Waals surface area contributed by atoms with E-state index in [-0.39, 0.29) is 0 Å². The minimum Gasteiger partial charge on any atom is -0.395 e. The van der Waals surface area contributed by atoms with E-state index in [0.29, 0.717) is 12.2 Å². The SMILES string of the molecule is CCO[Si](C)(CCCN(CC1CO1)CC1CO1)OCC. The van der Waals surface area contributed by atoms with Crippen molar-refractivity contribution in [1.82, 2.24) is 4.90 Å². The molecule has 0 bridgehead atoms. The maximum absolute atomic E-state index is 5.89. The molecule has 118 valence electrons. The van der Waals surface area contributed by atoms with Gasteiger partial charge in [-0.2, -0.15) is 0 Å². The molecule has 0 aromatic rings. The minimum absolute atomic E-state index is 0.455. The van der Waals surface area contributed by atoms with Crippen molar-refractivity contribution in [2.75, 3.05) is 46.1 Å². The first kappa shape index (κ1) is 16.4. The van der Waals surface area contributed by atoms with Crippen molar-refractivity contribution in [2.45, 2.75) is 45.1 Å². The topological polar surface area (TPSA) is 46.8 Å². The molecule has 0 radical (unpaired) electrons. The van der Waals surface area contributed by atoms with Gasteiger partial charge in [0.15, 0.2) is 0 Å². The number of ether oxygens (including phenoxy) is 2. The maximum atomic E-state index is 5.89. The summed E-state index contributed by atoms with van der Waals surface area (Å²) in [6.45, 7) is 12.8. The fourth-order valence-corrected chi connectivity index (χ4v) is 4.99. The smallest absolute Gasteiger partial charge is 0.334 e. The average molecular weight is 303 g/mol. The van der Waals surface area contributed by atoms with Gasteiger partial charge in [-0.15, -0.1) is 0 Å². The lowest BCUT2D eigenvalue weighted by Gasteiger charge is -2.27.